The number of aromatic nitrogens is 1. The van der Waals surface area contributed by atoms with E-state index in [9.17, 15) is 10.0 Å². The summed E-state index contributed by atoms with van der Waals surface area (Å²) in [6.07, 6.45) is 3.96. The van der Waals surface area contributed by atoms with Gasteiger partial charge in [-0.25, -0.2) is 0 Å². The molecule has 1 aromatic rings. The lowest BCUT2D eigenvalue weighted by molar-refractivity contribution is 0.426. The highest BCUT2D eigenvalue weighted by Crippen LogP contribution is 2.42. The monoisotopic (exact) mass is 303 g/mol. The third-order valence-corrected chi connectivity index (χ3v) is 11.0. The summed E-state index contributed by atoms with van der Waals surface area (Å²) >= 11 is 0. The van der Waals surface area contributed by atoms with Gasteiger partial charge in [-0.2, -0.15) is 0 Å². The van der Waals surface area contributed by atoms with E-state index in [-0.39, 0.29) is 11.0 Å². The Labute approximate surface area is 123 Å². The van der Waals surface area contributed by atoms with E-state index in [0.717, 1.165) is 0 Å². The fourth-order valence-corrected chi connectivity index (χ4v) is 10.2. The Morgan fingerprint density at radius 3 is 1.60 bits per heavy atom. The van der Waals surface area contributed by atoms with Crippen molar-refractivity contribution < 1.29 is 21.0 Å². The first-order chi connectivity index (χ1) is 8.24. The van der Waals surface area contributed by atoms with Gasteiger partial charge in [0.25, 0.3) is 0 Å². The van der Waals surface area contributed by atoms with Crippen molar-refractivity contribution in [1.29, 1.82) is 0 Å². The molecule has 0 aliphatic heterocycles. The van der Waals surface area contributed by atoms with Gasteiger partial charge in [-0.05, 0) is 40.5 Å². The highest BCUT2D eigenvalue weighted by Gasteiger charge is 2.45. The number of hydrogen-bond donors (Lipinski definition) is 2. The van der Waals surface area contributed by atoms with Crippen molar-refractivity contribution in [1.82, 2.24) is 4.23 Å². The molecule has 0 aliphatic rings. The van der Waals surface area contributed by atoms with Crippen LogP contribution >= 0.6 is 0 Å². The van der Waals surface area contributed by atoms with E-state index in [2.05, 4.69) is 45.8 Å². The van der Waals surface area contributed by atoms with Gasteiger partial charge >= 0.3 is 7.12 Å². The van der Waals surface area contributed by atoms with Gasteiger partial charge in [0.05, 0.1) is 0 Å². The maximum absolute atomic E-state index is 9.28. The highest BCUT2D eigenvalue weighted by atomic mass is 28.3. The molecular formula is C13H30BNO4Si. The standard InChI is InChI=1S/C13H26BNO2Si.2H2O/c1-10(2)18(11(3)4,12(5)6)15-8-7-13(9-15)14(16)17;;/h7-12,16-17H,1-6H3;2*1H2. The number of hydrogen-bond acceptors (Lipinski definition) is 2. The summed E-state index contributed by atoms with van der Waals surface area (Å²) in [6, 6.07) is 1.82. The molecule has 0 aliphatic carbocycles. The number of nitrogens with zero attached hydrogens (tertiary/aromatic N) is 1. The topological polar surface area (TPSA) is 108 Å². The average molecular weight is 303 g/mol. The second-order valence-corrected chi connectivity index (χ2v) is 11.8. The molecular weight excluding hydrogens is 273 g/mol. The van der Waals surface area contributed by atoms with Crippen LogP contribution in [-0.2, 0) is 0 Å². The normalized spacial score (nSPS) is 11.6. The summed E-state index contributed by atoms with van der Waals surface area (Å²) in [6.45, 7) is 13.8. The predicted octanol–water partition coefficient (Wildman–Crippen LogP) is 0.542. The van der Waals surface area contributed by atoms with Crippen molar-refractivity contribution in [3.63, 3.8) is 0 Å². The fraction of sp³-hybridized carbons (Fsp3) is 0.692. The van der Waals surface area contributed by atoms with Crippen LogP contribution in [0.3, 0.4) is 0 Å². The lowest BCUT2D eigenvalue weighted by Gasteiger charge is -2.44. The minimum atomic E-state index is -1.73. The zero-order valence-electron chi connectivity index (χ0n) is 13.4. The van der Waals surface area contributed by atoms with E-state index >= 15 is 0 Å². The molecule has 0 atom stereocenters. The zero-order chi connectivity index (χ0) is 14.1. The van der Waals surface area contributed by atoms with Crippen molar-refractivity contribution >= 4 is 20.8 Å². The summed E-state index contributed by atoms with van der Waals surface area (Å²) < 4.78 is 2.31. The first-order valence-electron chi connectivity index (χ1n) is 6.79. The van der Waals surface area contributed by atoms with Crippen LogP contribution < -0.4 is 5.46 Å². The van der Waals surface area contributed by atoms with E-state index in [1.807, 2.05) is 18.5 Å². The molecule has 6 N–H and O–H groups in total. The fourth-order valence-electron chi connectivity index (χ4n) is 3.70. The Hall–Kier alpha value is -0.598. The summed E-state index contributed by atoms with van der Waals surface area (Å²) in [7, 11) is -3.11. The molecule has 0 aromatic carbocycles. The van der Waals surface area contributed by atoms with Crippen LogP contribution in [0.4, 0.5) is 0 Å². The Kier molecular flexibility index (Phi) is 8.67. The maximum atomic E-state index is 9.28. The largest absolute Gasteiger partial charge is 0.489 e. The highest BCUT2D eigenvalue weighted by molar-refractivity contribution is 6.82. The van der Waals surface area contributed by atoms with E-state index in [4.69, 9.17) is 0 Å². The maximum Gasteiger partial charge on any atom is 0.489 e. The quantitative estimate of drug-likeness (QED) is 0.774. The smallest absolute Gasteiger partial charge is 0.423 e. The first-order valence-corrected chi connectivity index (χ1v) is 8.97. The second-order valence-electron chi connectivity index (χ2n) is 6.08. The van der Waals surface area contributed by atoms with Gasteiger partial charge < -0.3 is 25.2 Å². The lowest BCUT2D eigenvalue weighted by Crippen LogP contribution is -2.51. The van der Waals surface area contributed by atoms with E-state index in [0.29, 0.717) is 22.1 Å². The van der Waals surface area contributed by atoms with Gasteiger partial charge in [0.2, 0.25) is 0 Å². The van der Waals surface area contributed by atoms with Gasteiger partial charge in [-0.3, -0.25) is 0 Å². The predicted molar refractivity (Wildman–Crippen MR) is 87.9 cm³/mol. The molecule has 118 valence electrons. The summed E-state index contributed by atoms with van der Waals surface area (Å²) in [5, 5.41) is 18.6. The molecule has 7 heteroatoms. The van der Waals surface area contributed by atoms with Crippen LogP contribution in [0, 0.1) is 0 Å². The summed E-state index contributed by atoms with van der Waals surface area (Å²) in [5.74, 6) is 0. The van der Waals surface area contributed by atoms with Crippen LogP contribution in [0.25, 0.3) is 0 Å². The summed E-state index contributed by atoms with van der Waals surface area (Å²) in [5.41, 5.74) is 2.41. The molecule has 0 amide bonds. The Bertz CT molecular complexity index is 372. The Morgan fingerprint density at radius 2 is 1.35 bits per heavy atom. The van der Waals surface area contributed by atoms with Crippen LogP contribution in [0.5, 0.6) is 0 Å². The van der Waals surface area contributed by atoms with Crippen molar-refractivity contribution in [2.45, 2.75) is 58.2 Å². The molecule has 20 heavy (non-hydrogen) atoms. The van der Waals surface area contributed by atoms with Crippen molar-refractivity contribution in [3.8, 4) is 0 Å². The molecule has 0 saturated heterocycles. The van der Waals surface area contributed by atoms with E-state index < -0.39 is 15.4 Å². The van der Waals surface area contributed by atoms with E-state index in [1.165, 1.54) is 0 Å². The van der Waals surface area contributed by atoms with Crippen LogP contribution in [-0.4, -0.2) is 40.6 Å². The molecule has 1 aromatic heterocycles. The van der Waals surface area contributed by atoms with Crippen molar-refractivity contribution in [3.05, 3.63) is 18.5 Å². The molecule has 0 bridgehead atoms. The van der Waals surface area contributed by atoms with Gasteiger partial charge in [-0.15, -0.1) is 0 Å². The zero-order valence-corrected chi connectivity index (χ0v) is 14.4. The molecule has 0 unspecified atom stereocenters. The van der Waals surface area contributed by atoms with E-state index in [1.54, 1.807) is 0 Å². The lowest BCUT2D eigenvalue weighted by atomic mass is 9.83. The molecule has 0 saturated carbocycles. The molecule has 5 nitrogen and oxygen atoms in total. The number of rotatable bonds is 5. The SMILES string of the molecule is CC(C)[Si](C(C)C)(C(C)C)n1ccc(B(O)O)c1.O.O. The van der Waals surface area contributed by atoms with Crippen LogP contribution in [0.15, 0.2) is 18.5 Å². The van der Waals surface area contributed by atoms with Crippen molar-refractivity contribution in [2.75, 3.05) is 0 Å². The minimum absolute atomic E-state index is 0. The van der Waals surface area contributed by atoms with Crippen molar-refractivity contribution in [2.24, 2.45) is 0 Å². The van der Waals surface area contributed by atoms with Gasteiger partial charge in [0.15, 0.2) is 8.24 Å². The second kappa shape index (κ2) is 7.99. The van der Waals surface area contributed by atoms with Crippen LogP contribution in [0.1, 0.15) is 41.5 Å². The third-order valence-electron chi connectivity index (χ3n) is 4.24. The first kappa shape index (κ1) is 21.7. The molecule has 1 heterocycles. The Balaban J connectivity index is 0. The minimum Gasteiger partial charge on any atom is -0.423 e. The van der Waals surface area contributed by atoms with Gasteiger partial charge in [0.1, 0.15) is 0 Å². The molecule has 0 fully saturated rings. The third kappa shape index (κ3) is 3.53. The molecule has 1 rings (SSSR count). The molecule has 0 radical (unpaired) electrons. The van der Waals surface area contributed by atoms with Gasteiger partial charge in [0, 0.05) is 0 Å². The van der Waals surface area contributed by atoms with Gasteiger partial charge in [-0.1, -0.05) is 41.5 Å². The van der Waals surface area contributed by atoms with Crippen LogP contribution in [0.2, 0.25) is 16.6 Å². The average Bonchev–Trinajstić information content (AvgIpc) is 2.66. The Morgan fingerprint density at radius 1 is 0.950 bits per heavy atom. The summed E-state index contributed by atoms with van der Waals surface area (Å²) in [4.78, 5) is 0. The molecule has 0 spiro atoms.